The average molecular weight is 246 g/mol. The van der Waals surface area contributed by atoms with Crippen LogP contribution in [0.3, 0.4) is 0 Å². The second-order valence-electron chi connectivity index (χ2n) is 5.64. The minimum Gasteiger partial charge on any atom is -0.297 e. The fraction of sp³-hybridized carbons (Fsp3) is 0.909. The lowest BCUT2D eigenvalue weighted by Crippen LogP contribution is -2.39. The number of hydrogen-bond acceptors (Lipinski definition) is 4. The lowest BCUT2D eigenvalue weighted by molar-refractivity contribution is -0.128. The molecule has 0 heterocycles. The number of fused-ring (bicyclic) bond motifs is 2. The summed E-state index contributed by atoms with van der Waals surface area (Å²) in [6.45, 7) is 5.88. The van der Waals surface area contributed by atoms with Gasteiger partial charge in [0.2, 0.25) is 0 Å². The summed E-state index contributed by atoms with van der Waals surface area (Å²) in [4.78, 5) is 12.3. The third-order valence-electron chi connectivity index (χ3n) is 5.02. The zero-order chi connectivity index (χ0) is 12.4. The van der Waals surface area contributed by atoms with E-state index in [4.69, 9.17) is 0 Å². The second-order valence-corrected chi connectivity index (χ2v) is 7.47. The number of hydrogen-bond donors (Lipinski definition) is 0. The average Bonchev–Trinajstić information content (AvgIpc) is 2.49. The quantitative estimate of drug-likeness (QED) is 0.690. The van der Waals surface area contributed by atoms with Crippen LogP contribution in [0.4, 0.5) is 0 Å². The van der Waals surface area contributed by atoms with E-state index in [1.165, 1.54) is 0 Å². The number of carbonyl (C=O) groups is 1. The van der Waals surface area contributed by atoms with Crippen LogP contribution in [-0.4, -0.2) is 26.6 Å². The Hall–Kier alpha value is -0.420. The molecule has 0 aromatic carbocycles. The van der Waals surface area contributed by atoms with Crippen molar-refractivity contribution >= 4 is 15.9 Å². The van der Waals surface area contributed by atoms with Crippen molar-refractivity contribution in [2.45, 2.75) is 38.9 Å². The molecule has 2 fully saturated rings. The zero-order valence-corrected chi connectivity index (χ0v) is 10.9. The molecule has 0 aromatic heterocycles. The van der Waals surface area contributed by atoms with Crippen molar-refractivity contribution in [1.82, 2.24) is 0 Å². The number of rotatable bonds is 2. The van der Waals surface area contributed by atoms with Crippen LogP contribution in [0.1, 0.15) is 33.6 Å². The highest BCUT2D eigenvalue weighted by Crippen LogP contribution is 2.64. The minimum atomic E-state index is -3.74. The van der Waals surface area contributed by atoms with Crippen LogP contribution < -0.4 is 0 Å². The van der Waals surface area contributed by atoms with Gasteiger partial charge in [0.15, 0.2) is 5.78 Å². The van der Waals surface area contributed by atoms with Crippen LogP contribution in [0, 0.1) is 16.7 Å². The van der Waals surface area contributed by atoms with E-state index in [9.17, 15) is 13.2 Å². The fourth-order valence-electron chi connectivity index (χ4n) is 3.44. The van der Waals surface area contributed by atoms with Gasteiger partial charge in [-0.3, -0.25) is 8.98 Å². The third-order valence-corrected chi connectivity index (χ3v) is 6.64. The molecule has 0 spiro atoms. The Labute approximate surface area is 96.5 Å². The van der Waals surface area contributed by atoms with Gasteiger partial charge >= 0.3 is 0 Å². The van der Waals surface area contributed by atoms with Crippen LogP contribution in [0.2, 0.25) is 0 Å². The first-order valence-electron chi connectivity index (χ1n) is 5.52. The molecular formula is C11H18O4S. The number of Topliss-reactive ketones (excluding diaryl/α,β-unsaturated/α-hetero) is 1. The highest BCUT2D eigenvalue weighted by molar-refractivity contribution is 7.88. The fourth-order valence-corrected chi connectivity index (χ4v) is 5.05. The Morgan fingerprint density at radius 3 is 2.25 bits per heavy atom. The van der Waals surface area contributed by atoms with E-state index >= 15 is 0 Å². The van der Waals surface area contributed by atoms with Crippen molar-refractivity contribution in [1.29, 1.82) is 0 Å². The van der Waals surface area contributed by atoms with Gasteiger partial charge < -0.3 is 0 Å². The lowest BCUT2D eigenvalue weighted by Gasteiger charge is -2.32. The van der Waals surface area contributed by atoms with Crippen LogP contribution in [0.25, 0.3) is 0 Å². The maximum atomic E-state index is 12.3. The van der Waals surface area contributed by atoms with E-state index in [-0.39, 0.29) is 17.1 Å². The van der Waals surface area contributed by atoms with Gasteiger partial charge in [0, 0.05) is 5.41 Å². The molecule has 0 aromatic rings. The molecule has 3 atom stereocenters. The normalized spacial score (nSPS) is 41.6. The van der Waals surface area contributed by atoms with Gasteiger partial charge in [-0.2, -0.15) is 8.42 Å². The Kier molecular flexibility index (Phi) is 2.31. The Balaban J connectivity index is 2.53. The molecule has 2 aliphatic rings. The van der Waals surface area contributed by atoms with Gasteiger partial charge in [-0.15, -0.1) is 0 Å². The first-order chi connectivity index (χ1) is 7.18. The van der Waals surface area contributed by atoms with Crippen LogP contribution in [0.5, 0.6) is 0 Å². The molecule has 0 radical (unpaired) electrons. The molecule has 92 valence electrons. The molecule has 2 aliphatic carbocycles. The standard InChI is InChI=1S/C11H18O4S/c1-10(2)7-5-6-11(10,3)9(12)8(7)16(13,14)15-4/h7-8H,5-6H2,1-4H3. The second kappa shape index (κ2) is 3.07. The van der Waals surface area contributed by atoms with Gasteiger partial charge in [-0.1, -0.05) is 20.8 Å². The largest absolute Gasteiger partial charge is 0.297 e. The maximum Gasteiger partial charge on any atom is 0.277 e. The molecule has 0 amide bonds. The Morgan fingerprint density at radius 1 is 1.31 bits per heavy atom. The molecule has 2 rings (SSSR count). The summed E-state index contributed by atoms with van der Waals surface area (Å²) in [6, 6.07) is 0. The molecule has 0 aliphatic heterocycles. The van der Waals surface area contributed by atoms with Gasteiger partial charge in [-0.05, 0) is 24.2 Å². The third kappa shape index (κ3) is 1.13. The molecule has 3 unspecified atom stereocenters. The predicted molar refractivity (Wildman–Crippen MR) is 59.3 cm³/mol. The molecule has 2 bridgehead atoms. The molecule has 5 heteroatoms. The Morgan fingerprint density at radius 2 is 1.88 bits per heavy atom. The molecule has 0 N–H and O–H groups in total. The van der Waals surface area contributed by atoms with Gasteiger partial charge in [-0.25, -0.2) is 0 Å². The van der Waals surface area contributed by atoms with Gasteiger partial charge in [0.1, 0.15) is 5.25 Å². The lowest BCUT2D eigenvalue weighted by atomic mass is 9.70. The maximum absolute atomic E-state index is 12.3. The smallest absolute Gasteiger partial charge is 0.277 e. The molecule has 4 nitrogen and oxygen atoms in total. The summed E-state index contributed by atoms with van der Waals surface area (Å²) < 4.78 is 28.1. The van der Waals surface area contributed by atoms with Crippen LogP contribution >= 0.6 is 0 Å². The SMILES string of the molecule is COS(=O)(=O)C1C(=O)C2(C)CCC1C2(C)C. The van der Waals surface area contributed by atoms with Gasteiger partial charge in [0.25, 0.3) is 10.1 Å². The van der Waals surface area contributed by atoms with Crippen molar-refractivity contribution < 1.29 is 17.4 Å². The summed E-state index contributed by atoms with van der Waals surface area (Å²) in [5.74, 6) is -0.259. The van der Waals surface area contributed by atoms with E-state index in [2.05, 4.69) is 4.18 Å². The summed E-state index contributed by atoms with van der Waals surface area (Å²) in [5, 5.41) is -0.953. The van der Waals surface area contributed by atoms with Crippen molar-refractivity contribution in [2.24, 2.45) is 16.7 Å². The van der Waals surface area contributed by atoms with E-state index < -0.39 is 20.8 Å². The van der Waals surface area contributed by atoms with Gasteiger partial charge in [0.05, 0.1) is 7.11 Å². The first-order valence-corrected chi connectivity index (χ1v) is 6.99. The summed E-state index contributed by atoms with van der Waals surface area (Å²) in [7, 11) is -2.61. The van der Waals surface area contributed by atoms with Crippen molar-refractivity contribution in [2.75, 3.05) is 7.11 Å². The van der Waals surface area contributed by atoms with Crippen LogP contribution in [-0.2, 0) is 19.1 Å². The Bertz CT molecular complexity index is 437. The summed E-state index contributed by atoms with van der Waals surface area (Å²) in [6.07, 6.45) is 1.59. The number of carbonyl (C=O) groups excluding carboxylic acids is 1. The summed E-state index contributed by atoms with van der Waals surface area (Å²) in [5.41, 5.74) is -0.756. The van der Waals surface area contributed by atoms with Crippen LogP contribution in [0.15, 0.2) is 0 Å². The summed E-state index contributed by atoms with van der Waals surface area (Å²) >= 11 is 0. The van der Waals surface area contributed by atoms with E-state index in [0.717, 1.165) is 20.0 Å². The van der Waals surface area contributed by atoms with E-state index in [1.54, 1.807) is 0 Å². The molecule has 16 heavy (non-hydrogen) atoms. The highest BCUT2D eigenvalue weighted by atomic mass is 32.2. The number of ketones is 1. The predicted octanol–water partition coefficient (Wildman–Crippen LogP) is 1.36. The van der Waals surface area contributed by atoms with Crippen molar-refractivity contribution in [3.63, 3.8) is 0 Å². The van der Waals surface area contributed by atoms with Crippen molar-refractivity contribution in [3.05, 3.63) is 0 Å². The topological polar surface area (TPSA) is 60.4 Å². The van der Waals surface area contributed by atoms with E-state index in [1.807, 2.05) is 20.8 Å². The van der Waals surface area contributed by atoms with Crippen molar-refractivity contribution in [3.8, 4) is 0 Å². The monoisotopic (exact) mass is 246 g/mol. The van der Waals surface area contributed by atoms with E-state index in [0.29, 0.717) is 0 Å². The highest BCUT2D eigenvalue weighted by Gasteiger charge is 2.69. The zero-order valence-electron chi connectivity index (χ0n) is 10.1. The molecular weight excluding hydrogens is 228 g/mol. The molecule has 0 saturated heterocycles. The molecule has 2 saturated carbocycles. The first kappa shape index (κ1) is 12.0. The minimum absolute atomic E-state index is 0.102.